The van der Waals surface area contributed by atoms with Crippen molar-refractivity contribution >= 4 is 11.6 Å². The second-order valence-corrected chi connectivity index (χ2v) is 7.25. The first-order valence-corrected chi connectivity index (χ1v) is 9.21. The van der Waals surface area contributed by atoms with Crippen LogP contribution in [0.25, 0.3) is 0 Å². The molecule has 2 fully saturated rings. The van der Waals surface area contributed by atoms with Crippen molar-refractivity contribution in [1.82, 2.24) is 4.90 Å². The second kappa shape index (κ2) is 7.65. The molecule has 0 aromatic heterocycles. The molecule has 21 heavy (non-hydrogen) atoms. The maximum atomic E-state index is 6.42. The first kappa shape index (κ1) is 15.4. The van der Waals surface area contributed by atoms with Crippen molar-refractivity contribution in [3.8, 4) is 0 Å². The summed E-state index contributed by atoms with van der Waals surface area (Å²) in [6.45, 7) is 1.05. The van der Waals surface area contributed by atoms with E-state index in [0.717, 1.165) is 23.7 Å². The highest BCUT2D eigenvalue weighted by Gasteiger charge is 2.29. The van der Waals surface area contributed by atoms with Crippen LogP contribution in [0.2, 0.25) is 5.02 Å². The van der Waals surface area contributed by atoms with Crippen LogP contribution in [0.1, 0.15) is 69.8 Å². The summed E-state index contributed by atoms with van der Waals surface area (Å²) < 4.78 is 0. The molecule has 2 heteroatoms. The number of hydrogen-bond donors (Lipinski definition) is 0. The summed E-state index contributed by atoms with van der Waals surface area (Å²) in [4.78, 5) is 2.82. The SMILES string of the molecule is Clc1ccccc1CN(C1CCCCC1)C1CCCCC1. The summed E-state index contributed by atoms with van der Waals surface area (Å²) in [5.74, 6) is 0. The van der Waals surface area contributed by atoms with E-state index in [2.05, 4.69) is 17.0 Å². The van der Waals surface area contributed by atoms with Crippen molar-refractivity contribution in [1.29, 1.82) is 0 Å². The van der Waals surface area contributed by atoms with Gasteiger partial charge in [-0.1, -0.05) is 68.3 Å². The van der Waals surface area contributed by atoms with Gasteiger partial charge in [0.15, 0.2) is 0 Å². The number of nitrogens with zero attached hydrogens (tertiary/aromatic N) is 1. The molecule has 0 unspecified atom stereocenters. The Morgan fingerprint density at radius 3 is 1.86 bits per heavy atom. The molecule has 0 N–H and O–H groups in total. The maximum absolute atomic E-state index is 6.42. The summed E-state index contributed by atoms with van der Waals surface area (Å²) in [5, 5.41) is 0.939. The highest BCUT2D eigenvalue weighted by atomic mass is 35.5. The number of halogens is 1. The molecule has 2 saturated carbocycles. The van der Waals surface area contributed by atoms with Gasteiger partial charge in [-0.25, -0.2) is 0 Å². The first-order valence-electron chi connectivity index (χ1n) is 8.84. The third-order valence-corrected chi connectivity index (χ3v) is 5.77. The van der Waals surface area contributed by atoms with Gasteiger partial charge < -0.3 is 0 Å². The Bertz CT molecular complexity index is 415. The molecule has 0 atom stereocenters. The average Bonchev–Trinajstić information content (AvgIpc) is 2.56. The molecule has 2 aliphatic rings. The van der Waals surface area contributed by atoms with Crippen LogP contribution in [0.4, 0.5) is 0 Å². The molecule has 1 nitrogen and oxygen atoms in total. The fraction of sp³-hybridized carbons (Fsp3) is 0.684. The normalized spacial score (nSPS) is 21.8. The summed E-state index contributed by atoms with van der Waals surface area (Å²) in [5.41, 5.74) is 1.32. The highest BCUT2D eigenvalue weighted by Crippen LogP contribution is 2.32. The lowest BCUT2D eigenvalue weighted by Gasteiger charge is -2.42. The lowest BCUT2D eigenvalue weighted by atomic mass is 9.88. The van der Waals surface area contributed by atoms with Gasteiger partial charge in [0.25, 0.3) is 0 Å². The van der Waals surface area contributed by atoms with Crippen LogP contribution < -0.4 is 0 Å². The summed E-state index contributed by atoms with van der Waals surface area (Å²) in [7, 11) is 0. The van der Waals surface area contributed by atoms with Crippen LogP contribution >= 0.6 is 11.6 Å². The van der Waals surface area contributed by atoms with E-state index in [1.54, 1.807) is 0 Å². The van der Waals surface area contributed by atoms with Crippen molar-refractivity contribution in [2.45, 2.75) is 82.8 Å². The van der Waals surface area contributed by atoms with Gasteiger partial charge in [0, 0.05) is 23.7 Å². The van der Waals surface area contributed by atoms with E-state index in [0.29, 0.717) is 0 Å². The average molecular weight is 306 g/mol. The van der Waals surface area contributed by atoms with Crippen LogP contribution in [0.3, 0.4) is 0 Å². The molecule has 116 valence electrons. The number of benzene rings is 1. The first-order chi connectivity index (χ1) is 10.3. The monoisotopic (exact) mass is 305 g/mol. The Balaban J connectivity index is 1.75. The Morgan fingerprint density at radius 1 is 0.810 bits per heavy atom. The standard InChI is InChI=1S/C19H28ClN/c20-19-14-8-7-9-16(19)15-21(17-10-3-1-4-11-17)18-12-5-2-6-13-18/h7-9,14,17-18H,1-6,10-13,15H2. The molecule has 0 aliphatic heterocycles. The number of rotatable bonds is 4. The third-order valence-electron chi connectivity index (χ3n) is 5.40. The van der Waals surface area contributed by atoms with Crippen molar-refractivity contribution in [3.05, 3.63) is 34.9 Å². The van der Waals surface area contributed by atoms with E-state index < -0.39 is 0 Å². The summed E-state index contributed by atoms with van der Waals surface area (Å²) >= 11 is 6.42. The van der Waals surface area contributed by atoms with Gasteiger partial charge in [0.1, 0.15) is 0 Å². The predicted molar refractivity (Wildman–Crippen MR) is 90.7 cm³/mol. The van der Waals surface area contributed by atoms with Crippen molar-refractivity contribution in [2.75, 3.05) is 0 Å². The van der Waals surface area contributed by atoms with E-state index in [4.69, 9.17) is 11.6 Å². The minimum absolute atomic E-state index is 0.790. The summed E-state index contributed by atoms with van der Waals surface area (Å²) in [6, 6.07) is 9.99. The van der Waals surface area contributed by atoms with E-state index in [1.807, 2.05) is 12.1 Å². The zero-order chi connectivity index (χ0) is 14.5. The van der Waals surface area contributed by atoms with Crippen molar-refractivity contribution < 1.29 is 0 Å². The molecule has 0 spiro atoms. The highest BCUT2D eigenvalue weighted by molar-refractivity contribution is 6.31. The van der Waals surface area contributed by atoms with Gasteiger partial charge in [-0.15, -0.1) is 0 Å². The smallest absolute Gasteiger partial charge is 0.0451 e. The lowest BCUT2D eigenvalue weighted by Crippen LogP contribution is -2.44. The Labute approximate surface area is 134 Å². The maximum Gasteiger partial charge on any atom is 0.0451 e. The molecule has 0 heterocycles. The molecular formula is C19H28ClN. The largest absolute Gasteiger partial charge is 0.293 e. The van der Waals surface area contributed by atoms with Crippen molar-refractivity contribution in [3.63, 3.8) is 0 Å². The van der Waals surface area contributed by atoms with Crippen LogP contribution in [-0.4, -0.2) is 17.0 Å². The van der Waals surface area contributed by atoms with E-state index in [1.165, 1.54) is 69.8 Å². The lowest BCUT2D eigenvalue weighted by molar-refractivity contribution is 0.0731. The number of hydrogen-bond acceptors (Lipinski definition) is 1. The van der Waals surface area contributed by atoms with Crippen molar-refractivity contribution in [2.24, 2.45) is 0 Å². The molecule has 0 amide bonds. The molecule has 0 radical (unpaired) electrons. The summed E-state index contributed by atoms with van der Waals surface area (Å²) in [6.07, 6.45) is 14.1. The Kier molecular flexibility index (Phi) is 5.60. The topological polar surface area (TPSA) is 3.24 Å². The van der Waals surface area contributed by atoms with Gasteiger partial charge in [-0.05, 0) is 37.3 Å². The third kappa shape index (κ3) is 4.02. The molecule has 1 aromatic carbocycles. The quantitative estimate of drug-likeness (QED) is 0.678. The Morgan fingerprint density at radius 2 is 1.33 bits per heavy atom. The zero-order valence-corrected chi connectivity index (χ0v) is 13.8. The minimum Gasteiger partial charge on any atom is -0.293 e. The molecule has 0 bridgehead atoms. The zero-order valence-electron chi connectivity index (χ0n) is 13.1. The van der Waals surface area contributed by atoms with E-state index in [-0.39, 0.29) is 0 Å². The molecule has 0 saturated heterocycles. The van der Waals surface area contributed by atoms with Gasteiger partial charge in [0.05, 0.1) is 0 Å². The van der Waals surface area contributed by atoms with Crippen LogP contribution in [-0.2, 0) is 6.54 Å². The predicted octanol–water partition coefficient (Wildman–Crippen LogP) is 5.81. The Hall–Kier alpha value is -0.530. The van der Waals surface area contributed by atoms with E-state index >= 15 is 0 Å². The van der Waals surface area contributed by atoms with Gasteiger partial charge >= 0.3 is 0 Å². The fourth-order valence-electron chi connectivity index (χ4n) is 4.21. The van der Waals surface area contributed by atoms with Gasteiger partial charge in [-0.2, -0.15) is 0 Å². The molecule has 2 aliphatic carbocycles. The van der Waals surface area contributed by atoms with Crippen LogP contribution in [0.15, 0.2) is 24.3 Å². The van der Waals surface area contributed by atoms with Crippen LogP contribution in [0, 0.1) is 0 Å². The minimum atomic E-state index is 0.790. The molecule has 1 aromatic rings. The second-order valence-electron chi connectivity index (χ2n) is 6.85. The van der Waals surface area contributed by atoms with Crippen LogP contribution in [0.5, 0.6) is 0 Å². The fourth-order valence-corrected chi connectivity index (χ4v) is 4.40. The molecule has 3 rings (SSSR count). The van der Waals surface area contributed by atoms with E-state index in [9.17, 15) is 0 Å². The van der Waals surface area contributed by atoms with Gasteiger partial charge in [0.2, 0.25) is 0 Å². The molecular weight excluding hydrogens is 278 g/mol. The van der Waals surface area contributed by atoms with Gasteiger partial charge in [-0.3, -0.25) is 4.90 Å².